The molecular formula is C23H31N3O4S. The molecule has 1 N–H and O–H groups in total. The van der Waals surface area contributed by atoms with Crippen molar-refractivity contribution in [2.24, 2.45) is 0 Å². The summed E-state index contributed by atoms with van der Waals surface area (Å²) in [5.74, 6) is 0.0619. The highest BCUT2D eigenvalue weighted by Crippen LogP contribution is 2.38. The van der Waals surface area contributed by atoms with Gasteiger partial charge in [0.15, 0.2) is 6.10 Å². The first-order valence-corrected chi connectivity index (χ1v) is 12.1. The average molecular weight is 446 g/mol. The maximum Gasteiger partial charge on any atom is 0.263 e. The van der Waals surface area contributed by atoms with Crippen molar-refractivity contribution in [3.8, 4) is 5.75 Å². The second kappa shape index (κ2) is 8.78. The molecular weight excluding hydrogens is 414 g/mol. The summed E-state index contributed by atoms with van der Waals surface area (Å²) >= 11 is 0. The standard InChI is InChI=1S/C23H31N3O4S/c1-23(2,3)17-11-12-20-19(15-17)26(31(5,28)29)16-21(30-20)22(27)24-13-14-25(4)18-9-7-6-8-10-18/h6-12,15,21H,13-14,16H2,1-5H3,(H,24,27)/t21-/m0/s1. The zero-order valence-electron chi connectivity index (χ0n) is 18.8. The number of likely N-dealkylation sites (N-methyl/N-ethyl adjacent to an activating group) is 1. The van der Waals surface area contributed by atoms with Gasteiger partial charge in [-0.2, -0.15) is 0 Å². The van der Waals surface area contributed by atoms with Crippen molar-refractivity contribution in [2.45, 2.75) is 32.3 Å². The Kier molecular flexibility index (Phi) is 6.50. The molecule has 1 atom stereocenters. The monoisotopic (exact) mass is 445 g/mol. The van der Waals surface area contributed by atoms with Gasteiger partial charge in [0.1, 0.15) is 5.75 Å². The quantitative estimate of drug-likeness (QED) is 0.740. The molecule has 3 rings (SSSR count). The van der Waals surface area contributed by atoms with Gasteiger partial charge in [-0.05, 0) is 35.2 Å². The summed E-state index contributed by atoms with van der Waals surface area (Å²) in [7, 11) is -1.62. The predicted octanol–water partition coefficient (Wildman–Crippen LogP) is 2.76. The van der Waals surface area contributed by atoms with E-state index in [0.717, 1.165) is 17.5 Å². The smallest absolute Gasteiger partial charge is 0.263 e. The maximum absolute atomic E-state index is 12.7. The molecule has 31 heavy (non-hydrogen) atoms. The van der Waals surface area contributed by atoms with Crippen molar-refractivity contribution < 1.29 is 17.9 Å². The van der Waals surface area contributed by atoms with E-state index in [0.29, 0.717) is 24.5 Å². The number of carbonyl (C=O) groups excluding carboxylic acids is 1. The molecule has 1 heterocycles. The summed E-state index contributed by atoms with van der Waals surface area (Å²) in [6, 6.07) is 15.4. The van der Waals surface area contributed by atoms with E-state index in [9.17, 15) is 13.2 Å². The number of benzene rings is 2. The number of nitrogens with one attached hydrogen (secondary N) is 1. The van der Waals surface area contributed by atoms with Crippen molar-refractivity contribution in [1.29, 1.82) is 0 Å². The largest absolute Gasteiger partial charge is 0.476 e. The lowest BCUT2D eigenvalue weighted by Crippen LogP contribution is -2.51. The van der Waals surface area contributed by atoms with Crippen LogP contribution < -0.4 is 19.3 Å². The van der Waals surface area contributed by atoms with Gasteiger partial charge < -0.3 is 15.0 Å². The fourth-order valence-electron chi connectivity index (χ4n) is 3.44. The summed E-state index contributed by atoms with van der Waals surface area (Å²) in [5, 5.41) is 2.86. The highest BCUT2D eigenvalue weighted by molar-refractivity contribution is 7.92. The molecule has 1 aliphatic heterocycles. The van der Waals surface area contributed by atoms with Crippen LogP contribution in [0.4, 0.5) is 11.4 Å². The Morgan fingerprint density at radius 3 is 2.48 bits per heavy atom. The van der Waals surface area contributed by atoms with Gasteiger partial charge in [-0.3, -0.25) is 9.10 Å². The number of anilines is 2. The third-order valence-corrected chi connectivity index (χ3v) is 6.48. The molecule has 1 aliphatic rings. The number of nitrogens with zero attached hydrogens (tertiary/aromatic N) is 2. The Labute approximate surface area is 185 Å². The summed E-state index contributed by atoms with van der Waals surface area (Å²) in [6.07, 6.45) is 0.236. The van der Waals surface area contributed by atoms with Crippen LogP contribution in [-0.4, -0.2) is 53.4 Å². The highest BCUT2D eigenvalue weighted by atomic mass is 32.2. The molecule has 168 valence electrons. The van der Waals surface area contributed by atoms with Crippen LogP contribution >= 0.6 is 0 Å². The molecule has 0 unspecified atom stereocenters. The number of hydrogen-bond acceptors (Lipinski definition) is 5. The topological polar surface area (TPSA) is 79.0 Å². The van der Waals surface area contributed by atoms with Crippen molar-refractivity contribution >= 4 is 27.3 Å². The van der Waals surface area contributed by atoms with E-state index in [1.807, 2.05) is 54.4 Å². The summed E-state index contributed by atoms with van der Waals surface area (Å²) in [6.45, 7) is 7.16. The average Bonchev–Trinajstić information content (AvgIpc) is 2.71. The number of carbonyl (C=O) groups is 1. The van der Waals surface area contributed by atoms with Gasteiger partial charge in [-0.1, -0.05) is 45.0 Å². The molecule has 0 spiro atoms. The van der Waals surface area contributed by atoms with Crippen molar-refractivity contribution in [3.05, 3.63) is 54.1 Å². The second-order valence-corrected chi connectivity index (χ2v) is 10.8. The molecule has 8 heteroatoms. The molecule has 2 aromatic rings. The summed E-state index contributed by atoms with van der Waals surface area (Å²) in [4.78, 5) is 14.8. The van der Waals surface area contributed by atoms with Crippen LogP contribution in [0.15, 0.2) is 48.5 Å². The van der Waals surface area contributed by atoms with Gasteiger partial charge in [-0.15, -0.1) is 0 Å². The van der Waals surface area contributed by atoms with Crippen molar-refractivity contribution in [3.63, 3.8) is 0 Å². The third kappa shape index (κ3) is 5.50. The summed E-state index contributed by atoms with van der Waals surface area (Å²) in [5.41, 5.74) is 2.38. The zero-order valence-corrected chi connectivity index (χ0v) is 19.6. The molecule has 1 amide bonds. The minimum atomic E-state index is -3.57. The van der Waals surface area contributed by atoms with Crippen LogP contribution in [0.5, 0.6) is 5.75 Å². The SMILES string of the molecule is CN(CCNC(=O)[C@@H]1CN(S(C)(=O)=O)c2cc(C(C)(C)C)ccc2O1)c1ccccc1. The Bertz CT molecular complexity index is 1030. The van der Waals surface area contributed by atoms with Crippen LogP contribution in [0.25, 0.3) is 0 Å². The van der Waals surface area contributed by atoms with Gasteiger partial charge in [0.05, 0.1) is 18.5 Å². The lowest BCUT2D eigenvalue weighted by molar-refractivity contribution is -0.127. The van der Waals surface area contributed by atoms with E-state index >= 15 is 0 Å². The molecule has 0 aromatic heterocycles. The minimum absolute atomic E-state index is 0.0558. The molecule has 0 radical (unpaired) electrons. The molecule has 2 aromatic carbocycles. The summed E-state index contributed by atoms with van der Waals surface area (Å²) < 4.78 is 32.1. The van der Waals surface area contributed by atoms with Gasteiger partial charge >= 0.3 is 0 Å². The van der Waals surface area contributed by atoms with Crippen LogP contribution in [0.2, 0.25) is 0 Å². The number of para-hydroxylation sites is 1. The van der Waals surface area contributed by atoms with Crippen LogP contribution in [0, 0.1) is 0 Å². The van der Waals surface area contributed by atoms with Crippen LogP contribution in [0.1, 0.15) is 26.3 Å². The number of amides is 1. The molecule has 0 aliphatic carbocycles. The van der Waals surface area contributed by atoms with Crippen molar-refractivity contribution in [1.82, 2.24) is 5.32 Å². The number of fused-ring (bicyclic) bond motifs is 1. The first-order chi connectivity index (χ1) is 14.5. The van der Waals surface area contributed by atoms with E-state index in [1.165, 1.54) is 4.31 Å². The minimum Gasteiger partial charge on any atom is -0.476 e. The Balaban J connectivity index is 1.71. The Hall–Kier alpha value is -2.74. The fourth-order valence-corrected chi connectivity index (χ4v) is 4.35. The first kappa shape index (κ1) is 22.9. The van der Waals surface area contributed by atoms with Crippen LogP contribution in [-0.2, 0) is 20.2 Å². The number of ether oxygens (including phenoxy) is 1. The van der Waals surface area contributed by atoms with Gasteiger partial charge in [0.25, 0.3) is 5.91 Å². The lowest BCUT2D eigenvalue weighted by atomic mass is 9.86. The molecule has 7 nitrogen and oxygen atoms in total. The number of rotatable bonds is 6. The predicted molar refractivity (Wildman–Crippen MR) is 124 cm³/mol. The fraction of sp³-hybridized carbons (Fsp3) is 0.435. The molecule has 0 saturated carbocycles. The first-order valence-electron chi connectivity index (χ1n) is 10.3. The van der Waals surface area contributed by atoms with E-state index in [2.05, 4.69) is 26.1 Å². The molecule has 0 fully saturated rings. The van der Waals surface area contributed by atoms with Crippen LogP contribution in [0.3, 0.4) is 0 Å². The Morgan fingerprint density at radius 2 is 1.87 bits per heavy atom. The third-order valence-electron chi connectivity index (χ3n) is 5.33. The number of sulfonamides is 1. The van der Waals surface area contributed by atoms with Gasteiger partial charge in [-0.25, -0.2) is 8.42 Å². The van der Waals surface area contributed by atoms with Gasteiger partial charge in [0.2, 0.25) is 10.0 Å². The zero-order chi connectivity index (χ0) is 22.8. The van der Waals surface area contributed by atoms with Crippen molar-refractivity contribution in [2.75, 3.05) is 42.1 Å². The van der Waals surface area contributed by atoms with E-state index in [-0.39, 0.29) is 17.9 Å². The van der Waals surface area contributed by atoms with E-state index < -0.39 is 16.1 Å². The second-order valence-electron chi connectivity index (χ2n) is 8.88. The molecule has 0 bridgehead atoms. The Morgan fingerprint density at radius 1 is 1.19 bits per heavy atom. The van der Waals surface area contributed by atoms with Gasteiger partial charge in [0, 0.05) is 25.8 Å². The highest BCUT2D eigenvalue weighted by Gasteiger charge is 2.35. The molecule has 0 saturated heterocycles. The maximum atomic E-state index is 12.7. The van der Waals surface area contributed by atoms with E-state index in [1.54, 1.807) is 6.07 Å². The normalized spacial score (nSPS) is 16.3. The number of hydrogen-bond donors (Lipinski definition) is 1. The lowest BCUT2D eigenvalue weighted by Gasteiger charge is -2.35. The van der Waals surface area contributed by atoms with E-state index in [4.69, 9.17) is 4.74 Å².